The van der Waals surface area contributed by atoms with E-state index in [1.165, 1.54) is 53.1 Å². The van der Waals surface area contributed by atoms with Crippen LogP contribution in [0.5, 0.6) is 0 Å². The molecule has 0 atom stereocenters. The van der Waals surface area contributed by atoms with Crippen molar-refractivity contribution in [1.82, 2.24) is 14.4 Å². The van der Waals surface area contributed by atoms with Gasteiger partial charge in [0.15, 0.2) is 5.65 Å². The summed E-state index contributed by atoms with van der Waals surface area (Å²) in [5, 5.41) is 6.31. The maximum Gasteiger partial charge on any atom is 0.165 e. The van der Waals surface area contributed by atoms with E-state index < -0.39 is 0 Å². The molecule has 0 saturated heterocycles. The summed E-state index contributed by atoms with van der Waals surface area (Å²) in [5.41, 5.74) is 8.55. The van der Waals surface area contributed by atoms with Crippen LogP contribution < -0.4 is 0 Å². The molecular formula is C32H17N3S. The Labute approximate surface area is 209 Å². The second-order valence-electron chi connectivity index (χ2n) is 9.47. The second kappa shape index (κ2) is 6.56. The van der Waals surface area contributed by atoms with Gasteiger partial charge in [-0.05, 0) is 53.6 Å². The molecule has 5 aromatic carbocycles. The third-order valence-corrected chi connectivity index (χ3v) is 8.63. The molecule has 0 bridgehead atoms. The lowest BCUT2D eigenvalue weighted by molar-refractivity contribution is 1.28. The van der Waals surface area contributed by atoms with Crippen LogP contribution in [0.2, 0.25) is 0 Å². The molecular weight excluding hydrogens is 458 g/mol. The van der Waals surface area contributed by atoms with Crippen molar-refractivity contribution in [3.63, 3.8) is 0 Å². The smallest absolute Gasteiger partial charge is 0.165 e. The fourth-order valence-corrected chi connectivity index (χ4v) is 7.04. The Morgan fingerprint density at radius 3 is 2.17 bits per heavy atom. The summed E-state index contributed by atoms with van der Waals surface area (Å²) in [6.45, 7) is 0. The van der Waals surface area contributed by atoms with Gasteiger partial charge >= 0.3 is 0 Å². The lowest BCUT2D eigenvalue weighted by Gasteiger charge is -2.05. The highest BCUT2D eigenvalue weighted by atomic mass is 32.1. The standard InChI is InChI=1S/C32H17N3S/c1-5-11-27-20(7-1)23-15-19(18-13-14-22-21-8-2-6-12-28(21)36-29(22)17-18)16-24-30-32(35(27)31(23)24)34-26-10-4-3-9-25(26)33-30/h1-17H. The predicted molar refractivity (Wildman–Crippen MR) is 153 cm³/mol. The van der Waals surface area contributed by atoms with Crippen LogP contribution in [-0.4, -0.2) is 14.4 Å². The Hall–Kier alpha value is -4.54. The van der Waals surface area contributed by atoms with E-state index in [0.717, 1.165) is 27.6 Å². The predicted octanol–water partition coefficient (Wildman–Crippen LogP) is 8.81. The van der Waals surface area contributed by atoms with E-state index in [-0.39, 0.29) is 0 Å². The molecule has 9 aromatic rings. The van der Waals surface area contributed by atoms with Crippen LogP contribution in [0.25, 0.3) is 80.7 Å². The zero-order valence-corrected chi connectivity index (χ0v) is 19.9. The molecule has 0 fully saturated rings. The van der Waals surface area contributed by atoms with Gasteiger partial charge in [0, 0.05) is 36.3 Å². The van der Waals surface area contributed by atoms with E-state index in [9.17, 15) is 0 Å². The molecule has 4 heteroatoms. The van der Waals surface area contributed by atoms with Crippen LogP contribution >= 0.6 is 11.3 Å². The number of benzene rings is 5. The Morgan fingerprint density at radius 2 is 1.25 bits per heavy atom. The minimum absolute atomic E-state index is 0.922. The average molecular weight is 476 g/mol. The Kier molecular flexibility index (Phi) is 3.42. The minimum Gasteiger partial charge on any atom is -0.291 e. The van der Waals surface area contributed by atoms with Gasteiger partial charge in [0.05, 0.1) is 22.1 Å². The first-order chi connectivity index (χ1) is 17.8. The molecule has 3 nitrogen and oxygen atoms in total. The third-order valence-electron chi connectivity index (χ3n) is 7.50. The number of hydrogen-bond donors (Lipinski definition) is 0. The third kappa shape index (κ3) is 2.32. The van der Waals surface area contributed by atoms with Gasteiger partial charge < -0.3 is 0 Å². The highest BCUT2D eigenvalue weighted by molar-refractivity contribution is 7.25. The molecule has 4 heterocycles. The lowest BCUT2D eigenvalue weighted by atomic mass is 9.99. The van der Waals surface area contributed by atoms with E-state index in [2.05, 4.69) is 83.3 Å². The maximum atomic E-state index is 5.11. The first kappa shape index (κ1) is 18.7. The van der Waals surface area contributed by atoms with Gasteiger partial charge in [-0.25, -0.2) is 9.97 Å². The summed E-state index contributed by atoms with van der Waals surface area (Å²) in [7, 11) is 0. The van der Waals surface area contributed by atoms with Crippen molar-refractivity contribution < 1.29 is 0 Å². The van der Waals surface area contributed by atoms with E-state index in [0.29, 0.717) is 0 Å². The molecule has 166 valence electrons. The number of para-hydroxylation sites is 3. The summed E-state index contributed by atoms with van der Waals surface area (Å²) in [6.07, 6.45) is 0. The molecule has 0 spiro atoms. The molecule has 0 aliphatic rings. The van der Waals surface area contributed by atoms with Gasteiger partial charge in [-0.15, -0.1) is 11.3 Å². The average Bonchev–Trinajstić information content (AvgIpc) is 3.57. The van der Waals surface area contributed by atoms with Gasteiger partial charge in [0.25, 0.3) is 0 Å². The highest BCUT2D eigenvalue weighted by Gasteiger charge is 2.21. The molecule has 0 unspecified atom stereocenters. The topological polar surface area (TPSA) is 30.2 Å². The van der Waals surface area contributed by atoms with Crippen molar-refractivity contribution in [2.45, 2.75) is 0 Å². The molecule has 0 aliphatic carbocycles. The number of hydrogen-bond acceptors (Lipinski definition) is 3. The van der Waals surface area contributed by atoms with Gasteiger partial charge in [-0.3, -0.25) is 4.40 Å². The van der Waals surface area contributed by atoms with Gasteiger partial charge in [0.2, 0.25) is 0 Å². The van der Waals surface area contributed by atoms with E-state index >= 15 is 0 Å². The van der Waals surface area contributed by atoms with Crippen LogP contribution in [-0.2, 0) is 0 Å². The molecule has 0 amide bonds. The number of fused-ring (bicyclic) bond motifs is 10. The van der Waals surface area contributed by atoms with E-state index in [1.54, 1.807) is 0 Å². The summed E-state index contributed by atoms with van der Waals surface area (Å²) in [5.74, 6) is 0. The van der Waals surface area contributed by atoms with Crippen molar-refractivity contribution in [1.29, 1.82) is 0 Å². The van der Waals surface area contributed by atoms with Crippen LogP contribution in [0, 0.1) is 0 Å². The molecule has 0 saturated carbocycles. The zero-order chi connectivity index (χ0) is 23.4. The molecule has 9 rings (SSSR count). The lowest BCUT2D eigenvalue weighted by Crippen LogP contribution is -1.88. The van der Waals surface area contributed by atoms with E-state index in [4.69, 9.17) is 9.97 Å². The molecule has 0 N–H and O–H groups in total. The van der Waals surface area contributed by atoms with Crippen LogP contribution in [0.4, 0.5) is 0 Å². The van der Waals surface area contributed by atoms with Crippen molar-refractivity contribution in [3.8, 4) is 11.1 Å². The Bertz CT molecular complexity index is 2320. The maximum absolute atomic E-state index is 5.11. The first-order valence-electron chi connectivity index (χ1n) is 12.1. The Morgan fingerprint density at radius 1 is 0.528 bits per heavy atom. The number of thiophene rings is 1. The van der Waals surface area contributed by atoms with Crippen molar-refractivity contribution in [3.05, 3.63) is 103 Å². The number of rotatable bonds is 1. The quantitative estimate of drug-likeness (QED) is 0.237. The summed E-state index contributed by atoms with van der Waals surface area (Å²) < 4.78 is 4.95. The molecule has 0 radical (unpaired) electrons. The van der Waals surface area contributed by atoms with Crippen LogP contribution in [0.1, 0.15) is 0 Å². The molecule has 0 aliphatic heterocycles. The SMILES string of the molecule is c1ccc2nc3c(nc2c1)c1cc(-c2ccc4c(c2)sc2ccccc24)cc2c4ccccc4n3c21. The second-order valence-corrected chi connectivity index (χ2v) is 10.6. The number of nitrogens with zero attached hydrogens (tertiary/aromatic N) is 3. The fourth-order valence-electron chi connectivity index (χ4n) is 5.90. The Balaban J connectivity index is 1.43. The summed E-state index contributed by atoms with van der Waals surface area (Å²) in [4.78, 5) is 10.2. The fraction of sp³-hybridized carbons (Fsp3) is 0. The molecule has 4 aromatic heterocycles. The monoisotopic (exact) mass is 475 g/mol. The van der Waals surface area contributed by atoms with Gasteiger partial charge in [0.1, 0.15) is 5.52 Å². The minimum atomic E-state index is 0.922. The van der Waals surface area contributed by atoms with E-state index in [1.807, 2.05) is 35.6 Å². The summed E-state index contributed by atoms with van der Waals surface area (Å²) in [6, 6.07) is 37.0. The van der Waals surface area contributed by atoms with Crippen LogP contribution in [0.15, 0.2) is 103 Å². The summed E-state index contributed by atoms with van der Waals surface area (Å²) >= 11 is 1.86. The van der Waals surface area contributed by atoms with Crippen LogP contribution in [0.3, 0.4) is 0 Å². The van der Waals surface area contributed by atoms with Crippen molar-refractivity contribution in [2.24, 2.45) is 0 Å². The largest absolute Gasteiger partial charge is 0.291 e. The van der Waals surface area contributed by atoms with Gasteiger partial charge in [-0.1, -0.05) is 60.7 Å². The first-order valence-corrected chi connectivity index (χ1v) is 12.9. The van der Waals surface area contributed by atoms with Crippen molar-refractivity contribution in [2.75, 3.05) is 0 Å². The normalized spacial score (nSPS) is 12.4. The van der Waals surface area contributed by atoms with Gasteiger partial charge in [-0.2, -0.15) is 0 Å². The van der Waals surface area contributed by atoms with Crippen molar-refractivity contribution >= 4 is 80.9 Å². The zero-order valence-electron chi connectivity index (χ0n) is 19.1. The number of aromatic nitrogens is 3. The highest BCUT2D eigenvalue weighted by Crippen LogP contribution is 2.42. The molecule has 36 heavy (non-hydrogen) atoms.